The van der Waals surface area contributed by atoms with Crippen LogP contribution < -0.4 is 10.1 Å². The monoisotopic (exact) mass is 305 g/mol. The van der Waals surface area contributed by atoms with Gasteiger partial charge in [0.25, 0.3) is 0 Å². The highest BCUT2D eigenvalue weighted by atomic mass is 32.1. The first-order valence-electron chi connectivity index (χ1n) is 6.81. The van der Waals surface area contributed by atoms with Crippen LogP contribution in [0.5, 0.6) is 5.75 Å². The van der Waals surface area contributed by atoms with Crippen molar-refractivity contribution in [3.63, 3.8) is 0 Å². The van der Waals surface area contributed by atoms with Crippen molar-refractivity contribution in [3.05, 3.63) is 52.2 Å². The molecule has 1 aromatic carbocycles. The first-order valence-corrected chi connectivity index (χ1v) is 7.69. The summed E-state index contributed by atoms with van der Waals surface area (Å²) in [6, 6.07) is 11.0. The molecule has 21 heavy (non-hydrogen) atoms. The van der Waals surface area contributed by atoms with Crippen LogP contribution in [0, 0.1) is 0 Å². The number of thiophene rings is 1. The van der Waals surface area contributed by atoms with Gasteiger partial charge in [-0.1, -0.05) is 18.2 Å². The summed E-state index contributed by atoms with van der Waals surface area (Å²) in [5, 5.41) is 5.27. The Balaban J connectivity index is 2.11. The van der Waals surface area contributed by atoms with E-state index in [0.717, 1.165) is 11.3 Å². The quantitative estimate of drug-likeness (QED) is 0.798. The molecule has 0 saturated carbocycles. The molecular weight excluding hydrogens is 286 g/mol. The highest BCUT2D eigenvalue weighted by Gasteiger charge is 2.21. The van der Waals surface area contributed by atoms with Gasteiger partial charge in [-0.15, -0.1) is 11.3 Å². The molecule has 4 nitrogen and oxygen atoms in total. The summed E-state index contributed by atoms with van der Waals surface area (Å²) < 4.78 is 10.3. The van der Waals surface area contributed by atoms with E-state index < -0.39 is 6.04 Å². The molecule has 1 atom stereocenters. The molecule has 0 aliphatic carbocycles. The summed E-state index contributed by atoms with van der Waals surface area (Å²) in [7, 11) is 1.62. The average Bonchev–Trinajstić information content (AvgIpc) is 3.02. The Hall–Kier alpha value is -1.85. The third kappa shape index (κ3) is 4.31. The van der Waals surface area contributed by atoms with Crippen molar-refractivity contribution in [2.75, 3.05) is 13.7 Å². The second kappa shape index (κ2) is 7.81. The van der Waals surface area contributed by atoms with E-state index in [1.165, 1.54) is 4.88 Å². The van der Waals surface area contributed by atoms with Gasteiger partial charge in [0.1, 0.15) is 11.8 Å². The van der Waals surface area contributed by atoms with Gasteiger partial charge in [-0.05, 0) is 36.1 Å². The number of hydrogen-bond acceptors (Lipinski definition) is 5. The summed E-state index contributed by atoms with van der Waals surface area (Å²) in [5.41, 5.74) is 0.866. The summed E-state index contributed by atoms with van der Waals surface area (Å²) in [6.45, 7) is 2.81. The lowest BCUT2D eigenvalue weighted by Gasteiger charge is -2.17. The number of benzene rings is 1. The maximum atomic E-state index is 12.1. The SMILES string of the molecule is CCOC(=O)C(NCc1cccs1)c1ccc(OC)cc1. The van der Waals surface area contributed by atoms with Gasteiger partial charge in [-0.25, -0.2) is 4.79 Å². The molecule has 0 aliphatic rings. The van der Waals surface area contributed by atoms with Crippen LogP contribution in [0.25, 0.3) is 0 Å². The minimum Gasteiger partial charge on any atom is -0.497 e. The Labute approximate surface area is 128 Å². The van der Waals surface area contributed by atoms with Gasteiger partial charge >= 0.3 is 5.97 Å². The summed E-state index contributed by atoms with van der Waals surface area (Å²) in [4.78, 5) is 13.3. The lowest BCUT2D eigenvalue weighted by molar-refractivity contribution is -0.145. The van der Waals surface area contributed by atoms with Gasteiger partial charge in [0.05, 0.1) is 13.7 Å². The van der Waals surface area contributed by atoms with Gasteiger partial charge < -0.3 is 9.47 Å². The van der Waals surface area contributed by atoms with Crippen LogP contribution in [0.15, 0.2) is 41.8 Å². The first-order chi connectivity index (χ1) is 10.2. The fourth-order valence-corrected chi connectivity index (χ4v) is 2.63. The van der Waals surface area contributed by atoms with Gasteiger partial charge in [0.2, 0.25) is 0 Å². The molecule has 112 valence electrons. The third-order valence-corrected chi connectivity index (χ3v) is 3.91. The average molecular weight is 305 g/mol. The number of esters is 1. The molecule has 0 aliphatic heterocycles. The van der Waals surface area contributed by atoms with Crippen molar-refractivity contribution in [2.24, 2.45) is 0 Å². The molecule has 0 saturated heterocycles. The Bertz CT molecular complexity index is 551. The molecule has 0 fully saturated rings. The highest BCUT2D eigenvalue weighted by molar-refractivity contribution is 7.09. The fourth-order valence-electron chi connectivity index (χ4n) is 1.98. The number of carbonyl (C=O) groups is 1. The van der Waals surface area contributed by atoms with Crippen molar-refractivity contribution >= 4 is 17.3 Å². The Morgan fingerprint density at radius 1 is 1.29 bits per heavy atom. The molecule has 0 spiro atoms. The van der Waals surface area contributed by atoms with Gasteiger partial charge in [0, 0.05) is 11.4 Å². The van der Waals surface area contributed by atoms with Crippen LogP contribution in [-0.4, -0.2) is 19.7 Å². The van der Waals surface area contributed by atoms with Crippen LogP contribution in [0.3, 0.4) is 0 Å². The van der Waals surface area contributed by atoms with E-state index in [1.54, 1.807) is 18.4 Å². The summed E-state index contributed by atoms with van der Waals surface area (Å²) >= 11 is 1.66. The summed E-state index contributed by atoms with van der Waals surface area (Å²) in [5.74, 6) is 0.499. The second-order valence-corrected chi connectivity index (χ2v) is 5.45. The third-order valence-electron chi connectivity index (χ3n) is 3.03. The highest BCUT2D eigenvalue weighted by Crippen LogP contribution is 2.20. The van der Waals surface area contributed by atoms with Crippen LogP contribution in [-0.2, 0) is 16.1 Å². The molecule has 0 radical (unpaired) electrons. The van der Waals surface area contributed by atoms with Gasteiger partial charge in [-0.3, -0.25) is 5.32 Å². The second-order valence-electron chi connectivity index (χ2n) is 4.42. The number of rotatable bonds is 7. The topological polar surface area (TPSA) is 47.6 Å². The maximum Gasteiger partial charge on any atom is 0.327 e. The lowest BCUT2D eigenvalue weighted by Crippen LogP contribution is -2.29. The van der Waals surface area contributed by atoms with E-state index in [4.69, 9.17) is 9.47 Å². The lowest BCUT2D eigenvalue weighted by atomic mass is 10.1. The van der Waals surface area contributed by atoms with Gasteiger partial charge in [0.15, 0.2) is 0 Å². The van der Waals surface area contributed by atoms with Crippen molar-refractivity contribution in [2.45, 2.75) is 19.5 Å². The molecule has 1 N–H and O–H groups in total. The molecule has 0 bridgehead atoms. The van der Waals surface area contributed by atoms with E-state index in [2.05, 4.69) is 5.32 Å². The minimum atomic E-state index is -0.474. The number of hydrogen-bond donors (Lipinski definition) is 1. The Kier molecular flexibility index (Phi) is 5.78. The van der Waals surface area contributed by atoms with E-state index >= 15 is 0 Å². The fraction of sp³-hybridized carbons (Fsp3) is 0.312. The number of carbonyl (C=O) groups excluding carboxylic acids is 1. The van der Waals surface area contributed by atoms with Gasteiger partial charge in [-0.2, -0.15) is 0 Å². The van der Waals surface area contributed by atoms with Crippen LogP contribution in [0.2, 0.25) is 0 Å². The maximum absolute atomic E-state index is 12.1. The Morgan fingerprint density at radius 3 is 2.62 bits per heavy atom. The zero-order valence-electron chi connectivity index (χ0n) is 12.2. The normalized spacial score (nSPS) is 11.9. The first kappa shape index (κ1) is 15.5. The molecule has 1 unspecified atom stereocenters. The van der Waals surface area contributed by atoms with Crippen molar-refractivity contribution in [3.8, 4) is 5.75 Å². The zero-order chi connectivity index (χ0) is 15.1. The minimum absolute atomic E-state index is 0.265. The zero-order valence-corrected chi connectivity index (χ0v) is 13.0. The predicted molar refractivity (Wildman–Crippen MR) is 83.5 cm³/mol. The number of nitrogens with one attached hydrogen (secondary N) is 1. The van der Waals surface area contributed by atoms with E-state index in [0.29, 0.717) is 13.2 Å². The summed E-state index contributed by atoms with van der Waals surface area (Å²) in [6.07, 6.45) is 0. The number of ether oxygens (including phenoxy) is 2. The van der Waals surface area contributed by atoms with Crippen LogP contribution in [0.1, 0.15) is 23.4 Å². The standard InChI is InChI=1S/C16H19NO3S/c1-3-20-16(18)15(17-11-14-5-4-10-21-14)12-6-8-13(19-2)9-7-12/h4-10,15,17H,3,11H2,1-2H3. The molecule has 0 amide bonds. The van der Waals surface area contributed by atoms with Crippen LogP contribution >= 0.6 is 11.3 Å². The van der Waals surface area contributed by atoms with Crippen molar-refractivity contribution < 1.29 is 14.3 Å². The molecular formula is C16H19NO3S. The van der Waals surface area contributed by atoms with E-state index in [1.807, 2.05) is 48.7 Å². The molecule has 5 heteroatoms. The smallest absolute Gasteiger partial charge is 0.327 e. The molecule has 2 aromatic rings. The van der Waals surface area contributed by atoms with Crippen molar-refractivity contribution in [1.82, 2.24) is 5.32 Å². The number of methoxy groups -OCH3 is 1. The van der Waals surface area contributed by atoms with Crippen LogP contribution in [0.4, 0.5) is 0 Å². The largest absolute Gasteiger partial charge is 0.497 e. The molecule has 1 aromatic heterocycles. The van der Waals surface area contributed by atoms with Crippen molar-refractivity contribution in [1.29, 1.82) is 0 Å². The molecule has 1 heterocycles. The van der Waals surface area contributed by atoms with E-state index in [9.17, 15) is 4.79 Å². The molecule has 2 rings (SSSR count). The predicted octanol–water partition coefficient (Wildman–Crippen LogP) is 3.15. The van der Waals surface area contributed by atoms with E-state index in [-0.39, 0.29) is 5.97 Å². The Morgan fingerprint density at radius 2 is 2.05 bits per heavy atom.